The Balaban J connectivity index is 2.32. The van der Waals surface area contributed by atoms with Gasteiger partial charge in [-0.3, -0.25) is 0 Å². The molecule has 1 fully saturated rings. The van der Waals surface area contributed by atoms with E-state index in [9.17, 15) is 13.5 Å². The molecule has 0 bridgehead atoms. The lowest BCUT2D eigenvalue weighted by molar-refractivity contribution is 0.280. The van der Waals surface area contributed by atoms with E-state index in [0.717, 1.165) is 12.8 Å². The maximum Gasteiger partial charge on any atom is 0.240 e. The van der Waals surface area contributed by atoms with Gasteiger partial charge in [0.05, 0.1) is 11.5 Å². The van der Waals surface area contributed by atoms with E-state index in [2.05, 4.69) is 4.72 Å². The van der Waals surface area contributed by atoms with Crippen LogP contribution in [0.3, 0.4) is 0 Å². The van der Waals surface area contributed by atoms with Crippen molar-refractivity contribution >= 4 is 21.6 Å². The summed E-state index contributed by atoms with van der Waals surface area (Å²) in [5.74, 6) is 0.469. The van der Waals surface area contributed by atoms with E-state index in [4.69, 9.17) is 11.6 Å². The molecule has 0 aliphatic heterocycles. The molecule has 1 aromatic rings. The molecule has 0 amide bonds. The Bertz CT molecular complexity index is 553. The van der Waals surface area contributed by atoms with Crippen LogP contribution in [0.25, 0.3) is 0 Å². The lowest BCUT2D eigenvalue weighted by atomic mass is 10.1. The highest BCUT2D eigenvalue weighted by atomic mass is 35.5. The predicted octanol–water partition coefficient (Wildman–Crippen LogP) is 1.83. The van der Waals surface area contributed by atoms with E-state index in [-0.39, 0.29) is 11.5 Å². The van der Waals surface area contributed by atoms with Crippen LogP contribution in [-0.4, -0.2) is 20.1 Å². The number of benzene rings is 1. The summed E-state index contributed by atoms with van der Waals surface area (Å²) >= 11 is 5.88. The van der Waals surface area contributed by atoms with Crippen molar-refractivity contribution in [1.82, 2.24) is 4.72 Å². The fourth-order valence-electron chi connectivity index (χ4n) is 1.78. The largest absolute Gasteiger partial charge is 0.392 e. The molecule has 2 N–H and O–H groups in total. The fourth-order valence-corrected chi connectivity index (χ4v) is 3.51. The molecule has 2 rings (SSSR count). The first-order valence-corrected chi connectivity index (χ1v) is 7.69. The van der Waals surface area contributed by atoms with Crippen LogP contribution in [0.1, 0.15) is 24.0 Å². The quantitative estimate of drug-likeness (QED) is 0.869. The van der Waals surface area contributed by atoms with Gasteiger partial charge in [0.2, 0.25) is 10.0 Å². The highest BCUT2D eigenvalue weighted by Crippen LogP contribution is 2.29. The molecule has 1 saturated carbocycles. The van der Waals surface area contributed by atoms with Crippen molar-refractivity contribution in [1.29, 1.82) is 0 Å². The second-order valence-corrected chi connectivity index (χ2v) is 6.81. The second-order valence-electron chi connectivity index (χ2n) is 4.64. The maximum atomic E-state index is 12.2. The Morgan fingerprint density at radius 2 is 2.11 bits per heavy atom. The Kier molecular flexibility index (Phi) is 3.96. The third-order valence-electron chi connectivity index (χ3n) is 3.15. The van der Waals surface area contributed by atoms with Gasteiger partial charge in [-0.05, 0) is 48.9 Å². The molecule has 6 heteroatoms. The van der Waals surface area contributed by atoms with Crippen LogP contribution in [0.4, 0.5) is 0 Å². The summed E-state index contributed by atoms with van der Waals surface area (Å²) in [4.78, 5) is 0.153. The Morgan fingerprint density at radius 1 is 1.44 bits per heavy atom. The molecule has 0 aromatic heterocycles. The molecule has 0 unspecified atom stereocenters. The van der Waals surface area contributed by atoms with Crippen molar-refractivity contribution in [2.45, 2.75) is 31.3 Å². The number of halogens is 1. The van der Waals surface area contributed by atoms with Gasteiger partial charge in [-0.15, -0.1) is 0 Å². The SMILES string of the molecule is Cc1c(CO)cc(Cl)cc1S(=O)(=O)NCC1CC1. The molecule has 0 radical (unpaired) electrons. The minimum atomic E-state index is -3.55. The number of aliphatic hydroxyl groups excluding tert-OH is 1. The molecule has 0 saturated heterocycles. The van der Waals surface area contributed by atoms with Crippen LogP contribution in [0.2, 0.25) is 5.02 Å². The average molecular weight is 290 g/mol. The number of hydrogen-bond acceptors (Lipinski definition) is 3. The monoisotopic (exact) mass is 289 g/mol. The van der Waals surface area contributed by atoms with E-state index in [0.29, 0.717) is 28.6 Å². The van der Waals surface area contributed by atoms with Gasteiger partial charge < -0.3 is 5.11 Å². The molecule has 100 valence electrons. The summed E-state index contributed by atoms with van der Waals surface area (Å²) in [5, 5.41) is 9.50. The number of hydrogen-bond donors (Lipinski definition) is 2. The summed E-state index contributed by atoms with van der Waals surface area (Å²) in [5.41, 5.74) is 1.08. The number of rotatable bonds is 5. The van der Waals surface area contributed by atoms with Crippen molar-refractivity contribution in [3.8, 4) is 0 Å². The first kappa shape index (κ1) is 13.8. The Hall–Kier alpha value is -0.620. The van der Waals surface area contributed by atoms with Crippen LogP contribution < -0.4 is 4.72 Å². The molecular weight excluding hydrogens is 274 g/mol. The summed E-state index contributed by atoms with van der Waals surface area (Å²) in [6.07, 6.45) is 2.16. The van der Waals surface area contributed by atoms with Gasteiger partial charge in [-0.1, -0.05) is 11.6 Å². The van der Waals surface area contributed by atoms with Crippen LogP contribution >= 0.6 is 11.6 Å². The minimum absolute atomic E-state index is 0.153. The van der Waals surface area contributed by atoms with Crippen molar-refractivity contribution in [3.05, 3.63) is 28.3 Å². The topological polar surface area (TPSA) is 66.4 Å². The zero-order valence-corrected chi connectivity index (χ0v) is 11.7. The molecular formula is C12H16ClNO3S. The molecule has 1 aliphatic carbocycles. The fraction of sp³-hybridized carbons (Fsp3) is 0.500. The van der Waals surface area contributed by atoms with E-state index < -0.39 is 10.0 Å². The first-order valence-electron chi connectivity index (χ1n) is 5.83. The predicted molar refractivity (Wildman–Crippen MR) is 70.0 cm³/mol. The van der Waals surface area contributed by atoms with Gasteiger partial charge in [0.1, 0.15) is 0 Å². The minimum Gasteiger partial charge on any atom is -0.392 e. The standard InChI is InChI=1S/C12H16ClNO3S/c1-8-10(7-15)4-11(13)5-12(8)18(16,17)14-6-9-2-3-9/h4-5,9,14-15H,2-3,6-7H2,1H3. The highest BCUT2D eigenvalue weighted by molar-refractivity contribution is 7.89. The van der Waals surface area contributed by atoms with E-state index in [1.807, 2.05) is 0 Å². The summed E-state index contributed by atoms with van der Waals surface area (Å²) in [6, 6.07) is 3.00. The van der Waals surface area contributed by atoms with E-state index in [1.165, 1.54) is 6.07 Å². The highest BCUT2D eigenvalue weighted by Gasteiger charge is 2.25. The van der Waals surface area contributed by atoms with Gasteiger partial charge in [0.25, 0.3) is 0 Å². The number of nitrogens with one attached hydrogen (secondary N) is 1. The summed E-state index contributed by atoms with van der Waals surface area (Å²) in [7, 11) is -3.55. The lowest BCUT2D eigenvalue weighted by Crippen LogP contribution is -2.26. The van der Waals surface area contributed by atoms with Crippen molar-refractivity contribution in [2.24, 2.45) is 5.92 Å². The van der Waals surface area contributed by atoms with Gasteiger partial charge in [-0.25, -0.2) is 13.1 Å². The normalized spacial score (nSPS) is 15.9. The van der Waals surface area contributed by atoms with Crippen molar-refractivity contribution in [2.75, 3.05) is 6.54 Å². The molecule has 0 atom stereocenters. The number of aliphatic hydroxyl groups is 1. The van der Waals surface area contributed by atoms with Crippen LogP contribution in [0.5, 0.6) is 0 Å². The van der Waals surface area contributed by atoms with Crippen LogP contribution in [0, 0.1) is 12.8 Å². The maximum absolute atomic E-state index is 12.2. The van der Waals surface area contributed by atoms with E-state index in [1.54, 1.807) is 13.0 Å². The van der Waals surface area contributed by atoms with Crippen LogP contribution in [-0.2, 0) is 16.6 Å². The summed E-state index contributed by atoms with van der Waals surface area (Å²) in [6.45, 7) is 1.92. The molecule has 18 heavy (non-hydrogen) atoms. The average Bonchev–Trinajstić information content (AvgIpc) is 3.13. The van der Waals surface area contributed by atoms with Crippen molar-refractivity contribution < 1.29 is 13.5 Å². The van der Waals surface area contributed by atoms with Gasteiger partial charge in [0, 0.05) is 11.6 Å². The van der Waals surface area contributed by atoms with Gasteiger partial charge in [0.15, 0.2) is 0 Å². The molecule has 1 aromatic carbocycles. The third kappa shape index (κ3) is 3.03. The molecule has 1 aliphatic rings. The third-order valence-corrected chi connectivity index (χ3v) is 4.92. The number of sulfonamides is 1. The summed E-state index contributed by atoms with van der Waals surface area (Å²) < 4.78 is 26.9. The van der Waals surface area contributed by atoms with Gasteiger partial charge in [-0.2, -0.15) is 0 Å². The lowest BCUT2D eigenvalue weighted by Gasteiger charge is -2.12. The smallest absolute Gasteiger partial charge is 0.240 e. The first-order chi connectivity index (χ1) is 8.44. The molecule has 0 heterocycles. The molecule has 4 nitrogen and oxygen atoms in total. The Morgan fingerprint density at radius 3 is 2.67 bits per heavy atom. The van der Waals surface area contributed by atoms with Gasteiger partial charge >= 0.3 is 0 Å². The zero-order chi connectivity index (χ0) is 13.3. The van der Waals surface area contributed by atoms with Crippen molar-refractivity contribution in [3.63, 3.8) is 0 Å². The zero-order valence-electron chi connectivity index (χ0n) is 10.1. The van der Waals surface area contributed by atoms with Crippen LogP contribution in [0.15, 0.2) is 17.0 Å². The Labute approximate surface area is 112 Å². The van der Waals surface area contributed by atoms with E-state index >= 15 is 0 Å². The molecule has 0 spiro atoms. The second kappa shape index (κ2) is 5.17.